The Hall–Kier alpha value is -0.910. The number of aliphatic hydroxyl groups excluding tert-OH is 3. The summed E-state index contributed by atoms with van der Waals surface area (Å²) >= 11 is 0. The van der Waals surface area contributed by atoms with Gasteiger partial charge in [-0.15, -0.1) is 0 Å². The molecule has 2 atom stereocenters. The van der Waals surface area contributed by atoms with Crippen molar-refractivity contribution in [3.63, 3.8) is 0 Å². The molecule has 86 valence electrons. The topological polar surface area (TPSA) is 78.5 Å². The van der Waals surface area contributed by atoms with E-state index < -0.39 is 12.2 Å². The van der Waals surface area contributed by atoms with E-state index in [1.165, 1.54) is 0 Å². The maximum atomic E-state index is 9.69. The van der Waals surface area contributed by atoms with E-state index in [4.69, 9.17) is 5.11 Å². The Kier molecular flexibility index (Phi) is 4.74. The number of aryl methyl sites for hydroxylation is 1. The molecular weight excluding hydrogens is 196 g/mol. The van der Waals surface area contributed by atoms with Gasteiger partial charge >= 0.3 is 0 Å². The lowest BCUT2D eigenvalue weighted by atomic mass is 10.1. The fourth-order valence-corrected chi connectivity index (χ4v) is 1.40. The second kappa shape index (κ2) is 5.85. The Bertz CT molecular complexity index is 288. The number of aliphatic hydroxyl groups is 3. The van der Waals surface area contributed by atoms with Crippen molar-refractivity contribution in [3.8, 4) is 0 Å². The van der Waals surface area contributed by atoms with E-state index in [1.54, 1.807) is 17.1 Å². The van der Waals surface area contributed by atoms with Crippen LogP contribution in [-0.4, -0.2) is 37.8 Å². The molecule has 0 spiro atoms. The van der Waals surface area contributed by atoms with Crippen LogP contribution in [0.4, 0.5) is 0 Å². The average Bonchev–Trinajstić information content (AvgIpc) is 2.66. The van der Waals surface area contributed by atoms with Gasteiger partial charge in [-0.3, -0.25) is 4.68 Å². The van der Waals surface area contributed by atoms with Gasteiger partial charge < -0.3 is 15.3 Å². The second-order valence-corrected chi connectivity index (χ2v) is 3.56. The first-order valence-electron chi connectivity index (χ1n) is 5.18. The summed E-state index contributed by atoms with van der Waals surface area (Å²) in [5, 5.41) is 31.8. The molecule has 0 aromatic carbocycles. The molecule has 0 saturated carbocycles. The number of hydrogen-bond acceptors (Lipinski definition) is 4. The van der Waals surface area contributed by atoms with Crippen LogP contribution in [0.15, 0.2) is 12.4 Å². The third kappa shape index (κ3) is 3.30. The molecule has 0 amide bonds. The molecule has 5 heteroatoms. The van der Waals surface area contributed by atoms with E-state index in [9.17, 15) is 10.2 Å². The minimum absolute atomic E-state index is 0.138. The molecule has 2 unspecified atom stereocenters. The molecule has 0 aliphatic rings. The molecule has 1 aromatic rings. The quantitative estimate of drug-likeness (QED) is 0.626. The fourth-order valence-electron chi connectivity index (χ4n) is 1.40. The van der Waals surface area contributed by atoms with Crippen molar-refractivity contribution in [2.24, 2.45) is 0 Å². The normalized spacial score (nSPS) is 15.2. The predicted molar refractivity (Wildman–Crippen MR) is 55.2 cm³/mol. The van der Waals surface area contributed by atoms with E-state index in [0.29, 0.717) is 5.56 Å². The number of nitrogens with zero attached hydrogens (tertiary/aromatic N) is 2. The summed E-state index contributed by atoms with van der Waals surface area (Å²) in [4.78, 5) is 0. The first-order valence-corrected chi connectivity index (χ1v) is 5.18. The zero-order valence-corrected chi connectivity index (χ0v) is 8.87. The maximum Gasteiger partial charge on any atom is 0.108 e. The van der Waals surface area contributed by atoms with Crippen molar-refractivity contribution in [2.45, 2.75) is 38.5 Å². The summed E-state index contributed by atoms with van der Waals surface area (Å²) in [5.41, 5.74) is 0.587. The van der Waals surface area contributed by atoms with Gasteiger partial charge in [0, 0.05) is 24.9 Å². The summed E-state index contributed by atoms with van der Waals surface area (Å²) < 4.78 is 1.73. The first-order chi connectivity index (χ1) is 7.19. The van der Waals surface area contributed by atoms with Crippen LogP contribution in [0.3, 0.4) is 0 Å². The van der Waals surface area contributed by atoms with E-state index in [0.717, 1.165) is 13.0 Å². The van der Waals surface area contributed by atoms with E-state index in [1.807, 2.05) is 6.92 Å². The van der Waals surface area contributed by atoms with Gasteiger partial charge in [0.05, 0.1) is 12.3 Å². The van der Waals surface area contributed by atoms with E-state index in [-0.39, 0.29) is 13.0 Å². The SMILES string of the molecule is CCCn1cc(C(O)C(O)CCO)cn1. The number of hydrogen-bond donors (Lipinski definition) is 3. The summed E-state index contributed by atoms with van der Waals surface area (Å²) in [6, 6.07) is 0. The van der Waals surface area contributed by atoms with Gasteiger partial charge in [0.1, 0.15) is 6.10 Å². The summed E-state index contributed by atoms with van der Waals surface area (Å²) in [6.45, 7) is 2.70. The van der Waals surface area contributed by atoms with E-state index in [2.05, 4.69) is 5.10 Å². The van der Waals surface area contributed by atoms with Crippen LogP contribution in [0.2, 0.25) is 0 Å². The highest BCUT2D eigenvalue weighted by Gasteiger charge is 2.19. The molecule has 15 heavy (non-hydrogen) atoms. The standard InChI is InChI=1S/C10H18N2O3/c1-2-4-12-7-8(6-11-12)10(15)9(14)3-5-13/h6-7,9-10,13-15H,2-5H2,1H3. The molecule has 0 fully saturated rings. The zero-order valence-electron chi connectivity index (χ0n) is 8.87. The lowest BCUT2D eigenvalue weighted by molar-refractivity contribution is 0.00417. The van der Waals surface area contributed by atoms with Crippen LogP contribution >= 0.6 is 0 Å². The Labute approximate surface area is 89.0 Å². The maximum absolute atomic E-state index is 9.69. The Morgan fingerprint density at radius 2 is 2.20 bits per heavy atom. The Morgan fingerprint density at radius 3 is 2.80 bits per heavy atom. The smallest absolute Gasteiger partial charge is 0.108 e. The third-order valence-electron chi connectivity index (χ3n) is 2.24. The zero-order chi connectivity index (χ0) is 11.3. The monoisotopic (exact) mass is 214 g/mol. The summed E-state index contributed by atoms with van der Waals surface area (Å²) in [5.74, 6) is 0. The molecule has 0 saturated heterocycles. The third-order valence-corrected chi connectivity index (χ3v) is 2.24. The van der Waals surface area contributed by atoms with Gasteiger partial charge in [0.25, 0.3) is 0 Å². The van der Waals surface area contributed by atoms with E-state index >= 15 is 0 Å². The van der Waals surface area contributed by atoms with Gasteiger partial charge in [0.15, 0.2) is 0 Å². The van der Waals surface area contributed by atoms with Crippen LogP contribution in [0.5, 0.6) is 0 Å². The number of aromatic nitrogens is 2. The molecule has 0 aliphatic carbocycles. The van der Waals surface area contributed by atoms with Crippen molar-refractivity contribution in [2.75, 3.05) is 6.61 Å². The lowest BCUT2D eigenvalue weighted by Gasteiger charge is -2.14. The summed E-state index contributed by atoms with van der Waals surface area (Å²) in [7, 11) is 0. The van der Waals surface area contributed by atoms with Crippen molar-refractivity contribution < 1.29 is 15.3 Å². The van der Waals surface area contributed by atoms with Crippen LogP contribution in [0, 0.1) is 0 Å². The molecule has 1 heterocycles. The Morgan fingerprint density at radius 1 is 1.47 bits per heavy atom. The molecular formula is C10H18N2O3. The highest BCUT2D eigenvalue weighted by Crippen LogP contribution is 2.17. The highest BCUT2D eigenvalue weighted by molar-refractivity contribution is 5.09. The van der Waals surface area contributed by atoms with Crippen molar-refractivity contribution in [1.29, 1.82) is 0 Å². The molecule has 3 N–H and O–H groups in total. The molecule has 0 radical (unpaired) electrons. The van der Waals surface area contributed by atoms with Crippen LogP contribution < -0.4 is 0 Å². The minimum Gasteiger partial charge on any atom is -0.396 e. The van der Waals surface area contributed by atoms with Crippen molar-refractivity contribution in [1.82, 2.24) is 9.78 Å². The predicted octanol–water partition coefficient (Wildman–Crippen LogP) is 0.0698. The van der Waals surface area contributed by atoms with Crippen molar-refractivity contribution >= 4 is 0 Å². The molecule has 1 rings (SSSR count). The van der Waals surface area contributed by atoms with Gasteiger partial charge in [0.2, 0.25) is 0 Å². The molecule has 1 aromatic heterocycles. The fraction of sp³-hybridized carbons (Fsp3) is 0.700. The second-order valence-electron chi connectivity index (χ2n) is 3.56. The van der Waals surface area contributed by atoms with Gasteiger partial charge in [-0.05, 0) is 12.8 Å². The van der Waals surface area contributed by atoms with Gasteiger partial charge in [-0.2, -0.15) is 5.10 Å². The lowest BCUT2D eigenvalue weighted by Crippen LogP contribution is -2.19. The molecule has 0 bridgehead atoms. The molecule has 0 aliphatic heterocycles. The highest BCUT2D eigenvalue weighted by atomic mass is 16.3. The van der Waals surface area contributed by atoms with Gasteiger partial charge in [-0.1, -0.05) is 6.92 Å². The Balaban J connectivity index is 2.60. The van der Waals surface area contributed by atoms with Crippen LogP contribution in [0.1, 0.15) is 31.4 Å². The van der Waals surface area contributed by atoms with Crippen LogP contribution in [0.25, 0.3) is 0 Å². The van der Waals surface area contributed by atoms with Crippen LogP contribution in [-0.2, 0) is 6.54 Å². The summed E-state index contributed by atoms with van der Waals surface area (Å²) in [6.07, 6.45) is 2.49. The first kappa shape index (κ1) is 12.2. The van der Waals surface area contributed by atoms with Crippen molar-refractivity contribution in [3.05, 3.63) is 18.0 Å². The number of rotatable bonds is 6. The minimum atomic E-state index is -0.970. The van der Waals surface area contributed by atoms with Gasteiger partial charge in [-0.25, -0.2) is 0 Å². The average molecular weight is 214 g/mol. The molecule has 5 nitrogen and oxygen atoms in total. The largest absolute Gasteiger partial charge is 0.396 e.